The van der Waals surface area contributed by atoms with Gasteiger partial charge in [-0.3, -0.25) is 4.79 Å². The molecule has 1 aromatic rings. The molecule has 1 rings (SSSR count). The molecule has 0 radical (unpaired) electrons. The molecule has 0 fully saturated rings. The minimum Gasteiger partial charge on any atom is -0.394 e. The summed E-state index contributed by atoms with van der Waals surface area (Å²) in [4.78, 5) is 12.6. The van der Waals surface area contributed by atoms with Crippen molar-refractivity contribution in [2.24, 2.45) is 5.92 Å². The number of benzene rings is 1. The van der Waals surface area contributed by atoms with Crippen LogP contribution in [0.4, 0.5) is 5.69 Å². The van der Waals surface area contributed by atoms with Crippen LogP contribution in [0.2, 0.25) is 0 Å². The zero-order valence-corrected chi connectivity index (χ0v) is 14.9. The van der Waals surface area contributed by atoms with E-state index in [9.17, 15) is 4.79 Å². The monoisotopic (exact) mass is 327 g/mol. The van der Waals surface area contributed by atoms with Crippen LogP contribution in [-0.4, -0.2) is 19.5 Å². The Morgan fingerprint density at radius 2 is 2.08 bits per heavy atom. The van der Waals surface area contributed by atoms with E-state index in [1.54, 1.807) is 6.08 Å². The molecule has 0 saturated carbocycles. The fourth-order valence-electron chi connectivity index (χ4n) is 2.36. The van der Waals surface area contributed by atoms with E-state index in [0.29, 0.717) is 0 Å². The third-order valence-electron chi connectivity index (χ3n) is 3.78. The van der Waals surface area contributed by atoms with Crippen LogP contribution in [0.25, 0.3) is 6.08 Å². The molecule has 1 amide bonds. The van der Waals surface area contributed by atoms with E-state index in [1.807, 2.05) is 63.5 Å². The Balaban J connectivity index is 2.66. The van der Waals surface area contributed by atoms with Crippen LogP contribution in [0.5, 0.6) is 0 Å². The molecule has 1 atom stereocenters. The molecule has 0 aliphatic carbocycles. The first-order valence-electron chi connectivity index (χ1n) is 8.39. The van der Waals surface area contributed by atoms with E-state index in [1.165, 1.54) is 0 Å². The van der Waals surface area contributed by atoms with Crippen molar-refractivity contribution in [2.45, 2.75) is 26.7 Å². The van der Waals surface area contributed by atoms with Gasteiger partial charge in [0.1, 0.15) is 0 Å². The highest BCUT2D eigenvalue weighted by Gasteiger charge is 2.16. The number of hydrogen-bond acceptors (Lipinski definition) is 3. The zero-order chi connectivity index (χ0) is 17.8. The van der Waals surface area contributed by atoms with Gasteiger partial charge in [0.2, 0.25) is 5.91 Å². The predicted molar refractivity (Wildman–Crippen MR) is 104 cm³/mol. The van der Waals surface area contributed by atoms with Gasteiger partial charge in [0.05, 0.1) is 0 Å². The third-order valence-corrected chi connectivity index (χ3v) is 3.78. The minimum atomic E-state index is -0.0182. The maximum atomic E-state index is 12.6. The van der Waals surface area contributed by atoms with Gasteiger partial charge in [-0.1, -0.05) is 37.8 Å². The van der Waals surface area contributed by atoms with Crippen molar-refractivity contribution in [3.63, 3.8) is 0 Å². The molecule has 0 aliphatic heterocycles. The number of para-hydroxylation sites is 1. The second-order valence-corrected chi connectivity index (χ2v) is 5.60. The number of anilines is 1. The number of carbonyl (C=O) groups excluding carboxylic acids is 1. The number of nitrogens with one attached hydrogen (secondary N) is 3. The summed E-state index contributed by atoms with van der Waals surface area (Å²) >= 11 is 0. The van der Waals surface area contributed by atoms with Crippen molar-refractivity contribution >= 4 is 17.7 Å². The van der Waals surface area contributed by atoms with Crippen LogP contribution in [0, 0.1) is 5.92 Å². The second kappa shape index (κ2) is 11.1. The average molecular weight is 327 g/mol. The van der Waals surface area contributed by atoms with Gasteiger partial charge >= 0.3 is 0 Å². The van der Waals surface area contributed by atoms with Gasteiger partial charge in [0.25, 0.3) is 0 Å². The quantitative estimate of drug-likeness (QED) is 0.571. The fraction of sp³-hybridized carbons (Fsp3) is 0.350. The third kappa shape index (κ3) is 6.73. The standard InChI is InChI=1S/C20H29N3O/c1-5-9-16(3)22-15-13-17(6-2)20(24)23-19-11-8-7-10-18(19)12-14-21-4/h5,7-12,14,17,21-22H,1,6,13,15H2,2-4H3,(H,23,24)/b14-12-,16-9+. The normalized spacial score (nSPS) is 12.7. The van der Waals surface area contributed by atoms with Crippen molar-refractivity contribution in [1.29, 1.82) is 0 Å². The second-order valence-electron chi connectivity index (χ2n) is 5.60. The Bertz CT molecular complexity index is 590. The maximum absolute atomic E-state index is 12.6. The number of allylic oxidation sites excluding steroid dienone is 3. The van der Waals surface area contributed by atoms with E-state index in [4.69, 9.17) is 0 Å². The van der Waals surface area contributed by atoms with Gasteiger partial charge in [-0.15, -0.1) is 0 Å². The lowest BCUT2D eigenvalue weighted by atomic mass is 10.0. The number of carbonyl (C=O) groups is 1. The largest absolute Gasteiger partial charge is 0.394 e. The molecule has 3 N–H and O–H groups in total. The first kappa shape index (κ1) is 19.6. The molecule has 1 aromatic carbocycles. The molecule has 4 heteroatoms. The zero-order valence-electron chi connectivity index (χ0n) is 14.9. The highest BCUT2D eigenvalue weighted by molar-refractivity contribution is 5.94. The lowest BCUT2D eigenvalue weighted by Crippen LogP contribution is -2.26. The molecule has 0 saturated heterocycles. The molecule has 0 spiro atoms. The molecule has 0 aromatic heterocycles. The van der Waals surface area contributed by atoms with Crippen LogP contribution in [0.15, 0.2) is 54.9 Å². The van der Waals surface area contributed by atoms with E-state index >= 15 is 0 Å². The molecule has 130 valence electrons. The van der Waals surface area contributed by atoms with Crippen molar-refractivity contribution < 1.29 is 4.79 Å². The summed E-state index contributed by atoms with van der Waals surface area (Å²) in [6.45, 7) is 8.48. The van der Waals surface area contributed by atoms with E-state index in [0.717, 1.165) is 36.3 Å². The summed E-state index contributed by atoms with van der Waals surface area (Å²) in [5.74, 6) is 0.0466. The van der Waals surface area contributed by atoms with Crippen LogP contribution in [0.3, 0.4) is 0 Å². The smallest absolute Gasteiger partial charge is 0.227 e. The highest BCUT2D eigenvalue weighted by Crippen LogP contribution is 2.19. The van der Waals surface area contributed by atoms with E-state index in [2.05, 4.69) is 22.5 Å². The van der Waals surface area contributed by atoms with Crippen LogP contribution < -0.4 is 16.0 Å². The maximum Gasteiger partial charge on any atom is 0.227 e. The van der Waals surface area contributed by atoms with E-state index < -0.39 is 0 Å². The molecular formula is C20H29N3O. The summed E-state index contributed by atoms with van der Waals surface area (Å²) < 4.78 is 0. The first-order chi connectivity index (χ1) is 11.6. The minimum absolute atomic E-state index is 0.0182. The van der Waals surface area contributed by atoms with Crippen molar-refractivity contribution in [2.75, 3.05) is 18.9 Å². The van der Waals surface area contributed by atoms with Gasteiger partial charge in [-0.25, -0.2) is 0 Å². The molecule has 0 aliphatic rings. The van der Waals surface area contributed by atoms with Gasteiger partial charge in [-0.05, 0) is 49.7 Å². The van der Waals surface area contributed by atoms with E-state index in [-0.39, 0.29) is 11.8 Å². The Kier molecular flexibility index (Phi) is 9.05. The highest BCUT2D eigenvalue weighted by atomic mass is 16.1. The van der Waals surface area contributed by atoms with Gasteiger partial charge in [-0.2, -0.15) is 0 Å². The number of amides is 1. The molecular weight excluding hydrogens is 298 g/mol. The lowest BCUT2D eigenvalue weighted by Gasteiger charge is -2.17. The molecule has 1 unspecified atom stereocenters. The van der Waals surface area contributed by atoms with Crippen molar-refractivity contribution in [3.05, 3.63) is 60.5 Å². The Hall–Kier alpha value is -2.49. The summed E-state index contributed by atoms with van der Waals surface area (Å²) in [6, 6.07) is 7.80. The molecule has 24 heavy (non-hydrogen) atoms. The summed E-state index contributed by atoms with van der Waals surface area (Å²) in [5, 5.41) is 9.32. The number of hydrogen-bond donors (Lipinski definition) is 3. The van der Waals surface area contributed by atoms with Crippen LogP contribution in [0.1, 0.15) is 32.3 Å². The first-order valence-corrected chi connectivity index (χ1v) is 8.39. The fourth-order valence-corrected chi connectivity index (χ4v) is 2.36. The van der Waals surface area contributed by atoms with Gasteiger partial charge < -0.3 is 16.0 Å². The molecule has 0 bridgehead atoms. The van der Waals surface area contributed by atoms with Crippen LogP contribution in [-0.2, 0) is 4.79 Å². The number of rotatable bonds is 10. The predicted octanol–water partition coefficient (Wildman–Crippen LogP) is 3.91. The molecule has 4 nitrogen and oxygen atoms in total. The Labute approximate surface area is 145 Å². The van der Waals surface area contributed by atoms with Gasteiger partial charge in [0.15, 0.2) is 0 Å². The summed E-state index contributed by atoms with van der Waals surface area (Å²) in [7, 11) is 1.85. The summed E-state index contributed by atoms with van der Waals surface area (Å²) in [6.07, 6.45) is 9.07. The topological polar surface area (TPSA) is 53.2 Å². The van der Waals surface area contributed by atoms with Gasteiger partial charge in [0, 0.05) is 30.9 Å². The SMILES string of the molecule is C=C/C=C(\C)NCCC(CC)C(=O)Nc1ccccc1/C=C\NC. The van der Waals surface area contributed by atoms with Crippen molar-refractivity contribution in [1.82, 2.24) is 10.6 Å². The van der Waals surface area contributed by atoms with Crippen molar-refractivity contribution in [3.8, 4) is 0 Å². The molecule has 0 heterocycles. The Morgan fingerprint density at radius 3 is 2.75 bits per heavy atom. The summed E-state index contributed by atoms with van der Waals surface area (Å²) in [5.41, 5.74) is 2.88. The van der Waals surface area contributed by atoms with Crippen LogP contribution >= 0.6 is 0 Å². The lowest BCUT2D eigenvalue weighted by molar-refractivity contribution is -0.120. The Morgan fingerprint density at radius 1 is 1.33 bits per heavy atom. The average Bonchev–Trinajstić information content (AvgIpc) is 2.58.